The number of likely N-dealkylation sites (tertiary alicyclic amines) is 1. The molecule has 5 N–H and O–H groups in total. The lowest BCUT2D eigenvalue weighted by Crippen LogP contribution is -2.45. The molecule has 1 amide bonds. The number of rotatable bonds is 4. The van der Waals surface area contributed by atoms with Gasteiger partial charge in [0.1, 0.15) is 6.04 Å². The van der Waals surface area contributed by atoms with Gasteiger partial charge in [-0.25, -0.2) is 9.59 Å². The van der Waals surface area contributed by atoms with Crippen molar-refractivity contribution in [1.82, 2.24) is 9.88 Å². The number of hydrogen-bond acceptors (Lipinski definition) is 6. The fourth-order valence-corrected chi connectivity index (χ4v) is 4.11. The summed E-state index contributed by atoms with van der Waals surface area (Å²) in [5.41, 5.74) is 8.16. The highest BCUT2D eigenvalue weighted by Crippen LogP contribution is 2.24. The van der Waals surface area contributed by atoms with Crippen molar-refractivity contribution in [2.45, 2.75) is 37.3 Å². The highest BCUT2D eigenvalue weighted by atomic mass is 79.9. The van der Waals surface area contributed by atoms with Gasteiger partial charge in [-0.1, -0.05) is 34.1 Å². The first-order chi connectivity index (χ1) is 19.5. The van der Waals surface area contributed by atoms with Gasteiger partial charge >= 0.3 is 24.3 Å². The lowest BCUT2D eigenvalue weighted by molar-refractivity contribution is -0.193. The number of carbonyl (C=O) groups excluding carboxylic acids is 1. The molecular weight excluding hydrogens is 642 g/mol. The summed E-state index contributed by atoms with van der Waals surface area (Å²) >= 11 is 3.44. The number of nitrogens with one attached hydrogen (secondary N) is 1. The van der Waals surface area contributed by atoms with Crippen molar-refractivity contribution in [2.75, 3.05) is 18.4 Å². The zero-order chi connectivity index (χ0) is 31.7. The van der Waals surface area contributed by atoms with Crippen LogP contribution in [-0.2, 0) is 14.4 Å². The second kappa shape index (κ2) is 14.8. The Morgan fingerprint density at radius 1 is 0.929 bits per heavy atom. The molecule has 42 heavy (non-hydrogen) atoms. The number of carboxylic acid groups (broad SMARTS) is 2. The largest absolute Gasteiger partial charge is 0.490 e. The van der Waals surface area contributed by atoms with Crippen LogP contribution < -0.4 is 11.1 Å². The van der Waals surface area contributed by atoms with Crippen LogP contribution in [0.3, 0.4) is 0 Å². The molecule has 1 atom stereocenters. The van der Waals surface area contributed by atoms with Gasteiger partial charge in [0, 0.05) is 47.1 Å². The Morgan fingerprint density at radius 3 is 2.02 bits per heavy atom. The average molecular weight is 667 g/mol. The Bertz CT molecular complexity index is 1360. The number of nitrogens with two attached hydrogens (primary N) is 1. The van der Waals surface area contributed by atoms with Crippen LogP contribution >= 0.6 is 15.9 Å². The van der Waals surface area contributed by atoms with Crippen molar-refractivity contribution in [1.29, 1.82) is 0 Å². The molecule has 228 valence electrons. The van der Waals surface area contributed by atoms with Gasteiger partial charge in [-0.2, -0.15) is 26.3 Å². The first kappa shape index (κ1) is 34.3. The number of amides is 1. The normalized spacial score (nSPS) is 14.5. The van der Waals surface area contributed by atoms with E-state index in [4.69, 9.17) is 25.5 Å². The molecule has 9 nitrogen and oxygen atoms in total. The Kier molecular flexibility index (Phi) is 12.1. The molecular formula is C26H25BrF6N4O5. The number of aliphatic carboxylic acids is 2. The number of carboxylic acids is 2. The molecule has 1 saturated heterocycles. The molecule has 16 heteroatoms. The van der Waals surface area contributed by atoms with Crippen LogP contribution in [-0.4, -0.2) is 69.4 Å². The maximum atomic E-state index is 12.8. The monoisotopic (exact) mass is 666 g/mol. The molecule has 1 fully saturated rings. The van der Waals surface area contributed by atoms with Gasteiger partial charge in [0.25, 0.3) is 0 Å². The minimum Gasteiger partial charge on any atom is -0.475 e. The van der Waals surface area contributed by atoms with E-state index in [9.17, 15) is 31.1 Å². The van der Waals surface area contributed by atoms with Crippen LogP contribution in [0, 0.1) is 0 Å². The minimum absolute atomic E-state index is 0.00486. The van der Waals surface area contributed by atoms with Crippen LogP contribution in [0.15, 0.2) is 65.4 Å². The lowest BCUT2D eigenvalue weighted by atomic mass is 10.0. The van der Waals surface area contributed by atoms with E-state index in [1.165, 1.54) is 5.39 Å². The standard InChI is InChI=1S/C22H23BrN4O.2C2HF3O2/c23-18-3-1-2-16(12-18)21(24)22(28)27-10-7-19(8-11-27)26-20-5-4-17-14-25-9-6-15(17)13-20;2*3-2(4,5)1(6)7/h1-6,9,12-14,19,21,26H,7-8,10-11,24H2;2*(H,6,7). The Morgan fingerprint density at radius 2 is 1.50 bits per heavy atom. The second-order valence-electron chi connectivity index (χ2n) is 8.82. The number of alkyl halides is 6. The molecule has 0 bridgehead atoms. The van der Waals surface area contributed by atoms with E-state index in [0.29, 0.717) is 6.04 Å². The van der Waals surface area contributed by atoms with E-state index in [1.54, 1.807) is 0 Å². The van der Waals surface area contributed by atoms with E-state index in [2.05, 4.69) is 44.4 Å². The Hall–Kier alpha value is -3.92. The van der Waals surface area contributed by atoms with E-state index in [-0.39, 0.29) is 5.91 Å². The average Bonchev–Trinajstić information content (AvgIpc) is 2.92. The summed E-state index contributed by atoms with van der Waals surface area (Å²) in [5, 5.41) is 20.2. The fourth-order valence-electron chi connectivity index (χ4n) is 3.69. The molecule has 3 aromatic rings. The quantitative estimate of drug-likeness (QED) is 0.272. The smallest absolute Gasteiger partial charge is 0.475 e. The molecule has 1 aromatic heterocycles. The molecule has 0 radical (unpaired) electrons. The number of benzene rings is 2. The number of piperidine rings is 1. The Labute approximate surface area is 243 Å². The van der Waals surface area contributed by atoms with E-state index < -0.39 is 30.3 Å². The summed E-state index contributed by atoms with van der Waals surface area (Å²) in [6.45, 7) is 1.44. The highest BCUT2D eigenvalue weighted by molar-refractivity contribution is 9.10. The van der Waals surface area contributed by atoms with Crippen molar-refractivity contribution >= 4 is 50.2 Å². The van der Waals surface area contributed by atoms with Gasteiger partial charge in [-0.3, -0.25) is 9.78 Å². The molecule has 0 aliphatic carbocycles. The topological polar surface area (TPSA) is 146 Å². The van der Waals surface area contributed by atoms with Gasteiger partial charge in [0.05, 0.1) is 0 Å². The lowest BCUT2D eigenvalue weighted by Gasteiger charge is -2.34. The van der Waals surface area contributed by atoms with E-state index in [0.717, 1.165) is 47.0 Å². The van der Waals surface area contributed by atoms with Crippen molar-refractivity contribution < 1.29 is 50.9 Å². The summed E-state index contributed by atoms with van der Waals surface area (Å²) in [6, 6.07) is 15.7. The molecule has 4 rings (SSSR count). The predicted molar refractivity (Wildman–Crippen MR) is 143 cm³/mol. The number of fused-ring (bicyclic) bond motifs is 1. The predicted octanol–water partition coefficient (Wildman–Crippen LogP) is 5.37. The van der Waals surface area contributed by atoms with Crippen LogP contribution in [0.5, 0.6) is 0 Å². The van der Waals surface area contributed by atoms with Gasteiger partial charge in [-0.15, -0.1) is 0 Å². The Balaban J connectivity index is 0.000000367. The summed E-state index contributed by atoms with van der Waals surface area (Å²) in [4.78, 5) is 36.6. The maximum Gasteiger partial charge on any atom is 0.490 e. The molecule has 0 spiro atoms. The highest BCUT2D eigenvalue weighted by Gasteiger charge is 2.38. The van der Waals surface area contributed by atoms with E-state index >= 15 is 0 Å². The number of carbonyl (C=O) groups is 3. The van der Waals surface area contributed by atoms with Gasteiger partial charge in [0.2, 0.25) is 5.91 Å². The third-order valence-corrected chi connectivity index (χ3v) is 6.27. The van der Waals surface area contributed by atoms with E-state index in [1.807, 2.05) is 47.6 Å². The van der Waals surface area contributed by atoms with Gasteiger partial charge in [-0.05, 0) is 54.1 Å². The zero-order valence-corrected chi connectivity index (χ0v) is 23.1. The molecule has 2 aromatic carbocycles. The molecule has 1 aliphatic heterocycles. The first-order valence-corrected chi connectivity index (χ1v) is 12.8. The third kappa shape index (κ3) is 10.8. The van der Waals surface area contributed by atoms with Gasteiger partial charge in [0.15, 0.2) is 0 Å². The molecule has 2 heterocycles. The molecule has 0 saturated carbocycles. The number of halogens is 7. The maximum absolute atomic E-state index is 12.8. The number of anilines is 1. The van der Waals surface area contributed by atoms with Crippen LogP contribution in [0.25, 0.3) is 10.8 Å². The fraction of sp³-hybridized carbons (Fsp3) is 0.308. The molecule has 1 unspecified atom stereocenters. The summed E-state index contributed by atoms with van der Waals surface area (Å²) in [5.74, 6) is -5.52. The minimum atomic E-state index is -5.08. The summed E-state index contributed by atoms with van der Waals surface area (Å²) in [6.07, 6.45) is -4.67. The first-order valence-electron chi connectivity index (χ1n) is 12.0. The summed E-state index contributed by atoms with van der Waals surface area (Å²) in [7, 11) is 0. The molecule has 1 aliphatic rings. The SMILES string of the molecule is NC(C(=O)N1CCC(Nc2ccc3cnccc3c2)CC1)c1cccc(Br)c1.O=C(O)C(F)(F)F.O=C(O)C(F)(F)F. The summed E-state index contributed by atoms with van der Waals surface area (Å²) < 4.78 is 64.4. The number of nitrogens with zero attached hydrogens (tertiary/aromatic N) is 2. The van der Waals surface area contributed by atoms with Crippen molar-refractivity contribution in [3.05, 3.63) is 71.0 Å². The number of aromatic nitrogens is 1. The number of hydrogen-bond donors (Lipinski definition) is 4. The van der Waals surface area contributed by atoms with Crippen molar-refractivity contribution in [2.24, 2.45) is 5.73 Å². The van der Waals surface area contributed by atoms with Crippen molar-refractivity contribution in [3.63, 3.8) is 0 Å². The number of pyridine rings is 1. The second-order valence-corrected chi connectivity index (χ2v) is 9.74. The van der Waals surface area contributed by atoms with Crippen molar-refractivity contribution in [3.8, 4) is 0 Å². The van der Waals surface area contributed by atoms with Gasteiger partial charge < -0.3 is 26.2 Å². The van der Waals surface area contributed by atoms with Crippen LogP contribution in [0.1, 0.15) is 24.4 Å². The van der Waals surface area contributed by atoms with Crippen LogP contribution in [0.2, 0.25) is 0 Å². The van der Waals surface area contributed by atoms with Crippen LogP contribution in [0.4, 0.5) is 32.0 Å². The zero-order valence-electron chi connectivity index (χ0n) is 21.5. The third-order valence-electron chi connectivity index (χ3n) is 5.78.